The molecule has 6 N–H and O–H groups in total. The molecule has 0 aliphatic rings. The predicted octanol–water partition coefficient (Wildman–Crippen LogP) is 0.626. The summed E-state index contributed by atoms with van der Waals surface area (Å²) in [5.41, 5.74) is 7.55. The average Bonchev–Trinajstić information content (AvgIpc) is 2.82. The predicted molar refractivity (Wildman–Crippen MR) is 128 cm³/mol. The first-order valence-corrected chi connectivity index (χ1v) is 11.1. The number of aliphatic carboxylic acids is 1. The Hall–Kier alpha value is -3.72. The second-order valence-corrected chi connectivity index (χ2v) is 8.38. The molecule has 0 saturated carbocycles. The van der Waals surface area contributed by atoms with Gasteiger partial charge in [-0.1, -0.05) is 74.5 Å². The van der Waals surface area contributed by atoms with Gasteiger partial charge >= 0.3 is 5.97 Å². The number of carbonyl (C=O) groups is 4. The zero-order chi connectivity index (χ0) is 25.1. The third kappa shape index (κ3) is 8.67. The standard InChI is InChI=1S/C25H32N4O5/c1-16(2)22(26)25(34)29-20(14-18-11-7-4-8-12-18)24(33)28-19(23(32)27-15-21(30)31)13-17-9-5-3-6-10-17/h3-12,16,19-20,22H,13-15,26H2,1-2H3,(H,27,32)(H,28,33)(H,29,34)(H,30,31). The molecule has 2 aromatic rings. The van der Waals surface area contributed by atoms with Gasteiger partial charge in [-0.15, -0.1) is 0 Å². The maximum atomic E-state index is 13.3. The Balaban J connectivity index is 2.23. The number of nitrogens with two attached hydrogens (primary N) is 1. The molecule has 2 aromatic carbocycles. The highest BCUT2D eigenvalue weighted by Gasteiger charge is 2.29. The minimum absolute atomic E-state index is 0.131. The van der Waals surface area contributed by atoms with E-state index in [2.05, 4.69) is 16.0 Å². The molecule has 2 rings (SSSR count). The Labute approximate surface area is 199 Å². The summed E-state index contributed by atoms with van der Waals surface area (Å²) in [7, 11) is 0. The summed E-state index contributed by atoms with van der Waals surface area (Å²) in [6.45, 7) is 3.03. The quantitative estimate of drug-likeness (QED) is 0.308. The van der Waals surface area contributed by atoms with E-state index in [1.807, 2.05) is 36.4 Å². The number of nitrogens with one attached hydrogen (secondary N) is 3. The fraction of sp³-hybridized carbons (Fsp3) is 0.360. The molecular formula is C25H32N4O5. The second-order valence-electron chi connectivity index (χ2n) is 8.38. The number of carboxylic acid groups (broad SMARTS) is 1. The molecule has 0 spiro atoms. The van der Waals surface area contributed by atoms with Gasteiger partial charge in [-0.25, -0.2) is 0 Å². The van der Waals surface area contributed by atoms with Gasteiger partial charge in [0.1, 0.15) is 18.6 Å². The molecule has 3 unspecified atom stereocenters. The Morgan fingerprint density at radius 3 is 1.65 bits per heavy atom. The van der Waals surface area contributed by atoms with E-state index in [1.165, 1.54) is 0 Å². The molecule has 0 saturated heterocycles. The second kappa shape index (κ2) is 13.1. The van der Waals surface area contributed by atoms with Crippen molar-refractivity contribution < 1.29 is 24.3 Å². The molecule has 0 aromatic heterocycles. The summed E-state index contributed by atoms with van der Waals surface area (Å²) in [6.07, 6.45) is 0.341. The lowest BCUT2D eigenvalue weighted by Crippen LogP contribution is -2.57. The number of amides is 3. The van der Waals surface area contributed by atoms with Crippen molar-refractivity contribution in [3.63, 3.8) is 0 Å². The van der Waals surface area contributed by atoms with Crippen molar-refractivity contribution in [3.8, 4) is 0 Å². The first-order chi connectivity index (χ1) is 16.2. The normalized spacial score (nSPS) is 13.4. The molecule has 3 atom stereocenters. The highest BCUT2D eigenvalue weighted by Crippen LogP contribution is 2.08. The van der Waals surface area contributed by atoms with Gasteiger partial charge in [0.2, 0.25) is 17.7 Å². The third-order valence-corrected chi connectivity index (χ3v) is 5.27. The highest BCUT2D eigenvalue weighted by molar-refractivity contribution is 5.94. The number of carbonyl (C=O) groups excluding carboxylic acids is 3. The van der Waals surface area contributed by atoms with E-state index < -0.39 is 48.4 Å². The van der Waals surface area contributed by atoms with Crippen LogP contribution in [0.5, 0.6) is 0 Å². The monoisotopic (exact) mass is 468 g/mol. The highest BCUT2D eigenvalue weighted by atomic mass is 16.4. The summed E-state index contributed by atoms with van der Waals surface area (Å²) < 4.78 is 0. The van der Waals surface area contributed by atoms with Gasteiger partial charge in [0.05, 0.1) is 6.04 Å². The summed E-state index contributed by atoms with van der Waals surface area (Å²) in [5, 5.41) is 16.6. The third-order valence-electron chi connectivity index (χ3n) is 5.27. The van der Waals surface area contributed by atoms with Gasteiger partial charge in [-0.3, -0.25) is 19.2 Å². The SMILES string of the molecule is CC(C)C(N)C(=O)NC(Cc1ccccc1)C(=O)NC(Cc1ccccc1)C(=O)NCC(=O)O. The fourth-order valence-electron chi connectivity index (χ4n) is 3.25. The van der Waals surface area contributed by atoms with Crippen molar-refractivity contribution in [2.75, 3.05) is 6.54 Å². The van der Waals surface area contributed by atoms with E-state index in [0.29, 0.717) is 0 Å². The Morgan fingerprint density at radius 2 is 1.21 bits per heavy atom. The van der Waals surface area contributed by atoms with Gasteiger partial charge in [-0.05, 0) is 17.0 Å². The van der Waals surface area contributed by atoms with Crippen molar-refractivity contribution >= 4 is 23.7 Å². The van der Waals surface area contributed by atoms with E-state index >= 15 is 0 Å². The fourth-order valence-corrected chi connectivity index (χ4v) is 3.25. The zero-order valence-electron chi connectivity index (χ0n) is 19.4. The van der Waals surface area contributed by atoms with Crippen LogP contribution >= 0.6 is 0 Å². The van der Waals surface area contributed by atoms with Crippen LogP contribution in [0.2, 0.25) is 0 Å². The van der Waals surface area contributed by atoms with Gasteiger partial charge in [0.25, 0.3) is 0 Å². The molecule has 0 bridgehead atoms. The minimum Gasteiger partial charge on any atom is -0.480 e. The van der Waals surface area contributed by atoms with Gasteiger partial charge in [0.15, 0.2) is 0 Å². The maximum Gasteiger partial charge on any atom is 0.322 e. The lowest BCUT2D eigenvalue weighted by Gasteiger charge is -2.25. The number of hydrogen-bond acceptors (Lipinski definition) is 5. The molecule has 3 amide bonds. The molecular weight excluding hydrogens is 436 g/mol. The van der Waals surface area contributed by atoms with Crippen LogP contribution in [0.3, 0.4) is 0 Å². The van der Waals surface area contributed by atoms with Crippen LogP contribution in [0, 0.1) is 5.92 Å². The summed E-state index contributed by atoms with van der Waals surface area (Å²) in [4.78, 5) is 49.5. The molecule has 9 heteroatoms. The topological polar surface area (TPSA) is 151 Å². The Bertz CT molecular complexity index is 966. The number of benzene rings is 2. The van der Waals surface area contributed by atoms with E-state index in [1.54, 1.807) is 38.1 Å². The largest absolute Gasteiger partial charge is 0.480 e. The van der Waals surface area contributed by atoms with Gasteiger partial charge < -0.3 is 26.8 Å². The van der Waals surface area contributed by atoms with Crippen molar-refractivity contribution in [1.82, 2.24) is 16.0 Å². The van der Waals surface area contributed by atoms with Crippen LogP contribution in [0.4, 0.5) is 0 Å². The summed E-state index contributed by atoms with van der Waals surface area (Å²) in [5.74, 6) is -3.01. The molecule has 0 radical (unpaired) electrons. The van der Waals surface area contributed by atoms with Crippen LogP contribution in [0.25, 0.3) is 0 Å². The number of carboxylic acids is 1. The van der Waals surface area contributed by atoms with Crippen molar-refractivity contribution in [3.05, 3.63) is 71.8 Å². The zero-order valence-corrected chi connectivity index (χ0v) is 19.4. The molecule has 0 heterocycles. The molecule has 182 valence electrons. The van der Waals surface area contributed by atoms with E-state index in [4.69, 9.17) is 10.8 Å². The van der Waals surface area contributed by atoms with Crippen molar-refractivity contribution in [1.29, 1.82) is 0 Å². The smallest absolute Gasteiger partial charge is 0.322 e. The van der Waals surface area contributed by atoms with Crippen LogP contribution in [0.15, 0.2) is 60.7 Å². The molecule has 34 heavy (non-hydrogen) atoms. The van der Waals surface area contributed by atoms with Crippen molar-refractivity contribution in [2.24, 2.45) is 11.7 Å². The van der Waals surface area contributed by atoms with Crippen LogP contribution in [-0.4, -0.2) is 53.5 Å². The van der Waals surface area contributed by atoms with Crippen LogP contribution in [-0.2, 0) is 32.0 Å². The summed E-state index contributed by atoms with van der Waals surface area (Å²) >= 11 is 0. The average molecular weight is 469 g/mol. The molecule has 0 fully saturated rings. The first-order valence-electron chi connectivity index (χ1n) is 11.1. The molecule has 9 nitrogen and oxygen atoms in total. The van der Waals surface area contributed by atoms with E-state index in [9.17, 15) is 19.2 Å². The van der Waals surface area contributed by atoms with Crippen molar-refractivity contribution in [2.45, 2.75) is 44.8 Å². The number of hydrogen-bond donors (Lipinski definition) is 5. The number of rotatable bonds is 12. The van der Waals surface area contributed by atoms with Gasteiger partial charge in [0, 0.05) is 12.8 Å². The lowest BCUT2D eigenvalue weighted by atomic mass is 10.0. The van der Waals surface area contributed by atoms with Crippen LogP contribution < -0.4 is 21.7 Å². The molecule has 0 aliphatic heterocycles. The van der Waals surface area contributed by atoms with E-state index in [-0.39, 0.29) is 18.8 Å². The van der Waals surface area contributed by atoms with Crippen LogP contribution in [0.1, 0.15) is 25.0 Å². The Kier molecular flexibility index (Phi) is 10.2. The lowest BCUT2D eigenvalue weighted by molar-refractivity contribution is -0.138. The molecule has 0 aliphatic carbocycles. The first kappa shape index (κ1) is 26.5. The summed E-state index contributed by atoms with van der Waals surface area (Å²) in [6, 6.07) is 15.4. The van der Waals surface area contributed by atoms with Gasteiger partial charge in [-0.2, -0.15) is 0 Å². The minimum atomic E-state index is -1.20. The maximum absolute atomic E-state index is 13.3. The Morgan fingerprint density at radius 1 is 0.765 bits per heavy atom. The van der Waals surface area contributed by atoms with E-state index in [0.717, 1.165) is 11.1 Å².